The van der Waals surface area contributed by atoms with Crippen LogP contribution in [-0.4, -0.2) is 18.4 Å². The van der Waals surface area contributed by atoms with Crippen molar-refractivity contribution in [3.63, 3.8) is 0 Å². The van der Waals surface area contributed by atoms with E-state index in [2.05, 4.69) is 0 Å². The molecule has 0 saturated carbocycles. The Balaban J connectivity index is 2.07. The maximum Gasteiger partial charge on any atom is 0.146 e. The lowest BCUT2D eigenvalue weighted by Gasteiger charge is -2.30. The Bertz CT molecular complexity index is 861. The molecule has 0 heterocycles. The van der Waals surface area contributed by atoms with E-state index in [1.165, 1.54) is 0 Å². The molecule has 0 spiro atoms. The molecule has 26 heavy (non-hydrogen) atoms. The first-order valence-corrected chi connectivity index (χ1v) is 10.4. The van der Waals surface area contributed by atoms with Crippen LogP contribution in [0.5, 0.6) is 5.75 Å². The molecule has 0 amide bonds. The highest BCUT2D eigenvalue weighted by Gasteiger charge is 2.37. The van der Waals surface area contributed by atoms with E-state index in [0.29, 0.717) is 11.3 Å². The van der Waals surface area contributed by atoms with Crippen molar-refractivity contribution in [3.8, 4) is 5.75 Å². The Morgan fingerprint density at radius 1 is 0.885 bits per heavy atom. The summed E-state index contributed by atoms with van der Waals surface area (Å²) in [5.74, 6) is 0.664. The van der Waals surface area contributed by atoms with E-state index < -0.39 is 12.7 Å². The number of methoxy groups -OCH3 is 1. The molecular weight excluding hydrogens is 343 g/mol. The van der Waals surface area contributed by atoms with Gasteiger partial charge in [0.1, 0.15) is 12.9 Å². The quantitative estimate of drug-likeness (QED) is 0.673. The van der Waals surface area contributed by atoms with E-state index in [1.54, 1.807) is 20.1 Å². The number of hydrogen-bond acceptors (Lipinski definition) is 3. The molecule has 3 nitrogen and oxygen atoms in total. The summed E-state index contributed by atoms with van der Waals surface area (Å²) in [5, 5.41) is 12.7. The molecule has 1 unspecified atom stereocenters. The van der Waals surface area contributed by atoms with E-state index in [4.69, 9.17) is 4.74 Å². The third kappa shape index (κ3) is 3.75. The summed E-state index contributed by atoms with van der Waals surface area (Å²) in [6.45, 7) is 1.71. The van der Waals surface area contributed by atoms with Crippen molar-refractivity contribution in [1.29, 1.82) is 0 Å². The highest BCUT2D eigenvalue weighted by Crippen LogP contribution is 2.48. The number of ether oxygens (including phenoxy) is 1. The number of aliphatic hydroxyl groups is 1. The molecule has 0 aliphatic carbocycles. The molecule has 0 saturated heterocycles. The molecular formula is C22H23O3P. The largest absolute Gasteiger partial charge is 0.497 e. The molecule has 134 valence electrons. The van der Waals surface area contributed by atoms with Gasteiger partial charge in [-0.3, -0.25) is 0 Å². The van der Waals surface area contributed by atoms with Crippen LogP contribution >= 0.6 is 7.14 Å². The van der Waals surface area contributed by atoms with Crippen LogP contribution < -0.4 is 15.3 Å². The van der Waals surface area contributed by atoms with E-state index in [9.17, 15) is 9.67 Å². The topological polar surface area (TPSA) is 46.5 Å². The van der Waals surface area contributed by atoms with E-state index >= 15 is 0 Å². The fourth-order valence-electron chi connectivity index (χ4n) is 3.15. The van der Waals surface area contributed by atoms with Crippen molar-refractivity contribution in [2.24, 2.45) is 0 Å². The fourth-order valence-corrected chi connectivity index (χ4v) is 6.17. The predicted octanol–water partition coefficient (Wildman–Crippen LogP) is 3.92. The summed E-state index contributed by atoms with van der Waals surface area (Å²) in [6.07, 6.45) is 0.112. The number of benzene rings is 3. The Kier molecular flexibility index (Phi) is 5.31. The lowest BCUT2D eigenvalue weighted by Crippen LogP contribution is -2.32. The molecule has 0 aliphatic heterocycles. The second kappa shape index (κ2) is 7.49. The molecule has 4 heteroatoms. The summed E-state index contributed by atoms with van der Waals surface area (Å²) in [5.41, 5.74) is -0.584. The minimum absolute atomic E-state index is 0.112. The highest BCUT2D eigenvalue weighted by molar-refractivity contribution is 7.78. The van der Waals surface area contributed by atoms with Crippen LogP contribution in [0.1, 0.15) is 12.5 Å². The van der Waals surface area contributed by atoms with Crippen LogP contribution in [0, 0.1) is 0 Å². The number of hydrogen-bond donors (Lipinski definition) is 1. The molecule has 1 atom stereocenters. The van der Waals surface area contributed by atoms with Crippen LogP contribution in [0.2, 0.25) is 0 Å². The van der Waals surface area contributed by atoms with Crippen LogP contribution in [0.4, 0.5) is 0 Å². The normalized spacial score (nSPS) is 13.8. The molecule has 3 rings (SSSR count). The van der Waals surface area contributed by atoms with Gasteiger partial charge in [0.2, 0.25) is 0 Å². The van der Waals surface area contributed by atoms with Crippen molar-refractivity contribution < 1.29 is 14.4 Å². The van der Waals surface area contributed by atoms with Gasteiger partial charge in [0.15, 0.2) is 0 Å². The van der Waals surface area contributed by atoms with Crippen molar-refractivity contribution in [3.05, 3.63) is 90.5 Å². The minimum atomic E-state index is -3.03. The molecule has 0 radical (unpaired) electrons. The fraction of sp³-hybridized carbons (Fsp3) is 0.182. The van der Waals surface area contributed by atoms with Gasteiger partial charge in [-0.25, -0.2) is 0 Å². The number of rotatable bonds is 6. The second-order valence-corrected chi connectivity index (χ2v) is 9.40. The maximum absolute atomic E-state index is 14.2. The summed E-state index contributed by atoms with van der Waals surface area (Å²) in [7, 11) is -1.44. The average molecular weight is 366 g/mol. The van der Waals surface area contributed by atoms with Gasteiger partial charge in [0, 0.05) is 16.8 Å². The van der Waals surface area contributed by atoms with Gasteiger partial charge in [-0.15, -0.1) is 0 Å². The second-order valence-electron chi connectivity index (χ2n) is 6.57. The van der Waals surface area contributed by atoms with Crippen LogP contribution in [0.25, 0.3) is 0 Å². The first-order chi connectivity index (χ1) is 12.5. The van der Waals surface area contributed by atoms with E-state index in [0.717, 1.165) is 10.6 Å². The highest BCUT2D eigenvalue weighted by atomic mass is 31.2. The van der Waals surface area contributed by atoms with E-state index in [1.807, 2.05) is 78.9 Å². The Labute approximate surface area is 154 Å². The SMILES string of the molecule is COc1cccc(C(C)(O)CP(=O)(c2ccccc2)c2ccccc2)c1. The van der Waals surface area contributed by atoms with Gasteiger partial charge in [0.05, 0.1) is 12.7 Å². The summed E-state index contributed by atoms with van der Waals surface area (Å²) < 4.78 is 19.4. The lowest BCUT2D eigenvalue weighted by molar-refractivity contribution is 0.0817. The minimum Gasteiger partial charge on any atom is -0.497 e. The molecule has 0 aliphatic rings. The van der Waals surface area contributed by atoms with Gasteiger partial charge < -0.3 is 14.4 Å². The van der Waals surface area contributed by atoms with Crippen molar-refractivity contribution in [1.82, 2.24) is 0 Å². The summed E-state index contributed by atoms with van der Waals surface area (Å²) in [6, 6.07) is 26.1. The van der Waals surface area contributed by atoms with Gasteiger partial charge in [-0.1, -0.05) is 72.8 Å². The molecule has 0 aromatic heterocycles. The third-order valence-corrected chi connectivity index (χ3v) is 7.89. The van der Waals surface area contributed by atoms with E-state index in [-0.39, 0.29) is 6.16 Å². The van der Waals surface area contributed by atoms with Gasteiger partial charge in [-0.2, -0.15) is 0 Å². The predicted molar refractivity (Wildman–Crippen MR) is 107 cm³/mol. The van der Waals surface area contributed by atoms with Crippen LogP contribution in [-0.2, 0) is 10.2 Å². The molecule has 0 fully saturated rings. The van der Waals surface area contributed by atoms with Crippen molar-refractivity contribution in [2.75, 3.05) is 13.3 Å². The zero-order valence-corrected chi connectivity index (χ0v) is 15.9. The van der Waals surface area contributed by atoms with Crippen LogP contribution in [0.15, 0.2) is 84.9 Å². The van der Waals surface area contributed by atoms with Gasteiger partial charge >= 0.3 is 0 Å². The standard InChI is InChI=1S/C22H23O3P/c1-22(23,18-10-9-11-19(16-18)25-2)17-26(24,20-12-5-3-6-13-20)21-14-7-4-8-15-21/h3-16,23H,17H2,1-2H3. The first kappa shape index (κ1) is 18.4. The zero-order valence-electron chi connectivity index (χ0n) is 15.0. The molecule has 3 aromatic carbocycles. The summed E-state index contributed by atoms with van der Waals surface area (Å²) in [4.78, 5) is 0. The molecule has 1 N–H and O–H groups in total. The van der Waals surface area contributed by atoms with Gasteiger partial charge in [0.25, 0.3) is 0 Å². The monoisotopic (exact) mass is 366 g/mol. The van der Waals surface area contributed by atoms with Crippen molar-refractivity contribution in [2.45, 2.75) is 12.5 Å². The Hall–Kier alpha value is -2.35. The maximum atomic E-state index is 14.2. The Morgan fingerprint density at radius 2 is 1.42 bits per heavy atom. The zero-order chi connectivity index (χ0) is 18.6. The first-order valence-electron chi connectivity index (χ1n) is 8.53. The smallest absolute Gasteiger partial charge is 0.146 e. The summed E-state index contributed by atoms with van der Waals surface area (Å²) >= 11 is 0. The average Bonchev–Trinajstić information content (AvgIpc) is 2.69. The van der Waals surface area contributed by atoms with Crippen molar-refractivity contribution >= 4 is 17.8 Å². The van der Waals surface area contributed by atoms with Gasteiger partial charge in [-0.05, 0) is 24.6 Å². The lowest BCUT2D eigenvalue weighted by atomic mass is 9.98. The molecule has 0 bridgehead atoms. The molecule has 3 aromatic rings. The Morgan fingerprint density at radius 3 is 1.92 bits per heavy atom. The third-order valence-electron chi connectivity index (χ3n) is 4.57. The van der Waals surface area contributed by atoms with Crippen LogP contribution in [0.3, 0.4) is 0 Å².